The third-order valence-corrected chi connectivity index (χ3v) is 5.17. The van der Waals surface area contributed by atoms with Crippen LogP contribution >= 0.6 is 0 Å². The predicted octanol–water partition coefficient (Wildman–Crippen LogP) is 1.70. The summed E-state index contributed by atoms with van der Waals surface area (Å²) < 4.78 is 0. The first-order valence-corrected chi connectivity index (χ1v) is 7.92. The molecular formula is C15H26N2O2. The molecule has 0 aromatic heterocycles. The highest BCUT2D eigenvalue weighted by Crippen LogP contribution is 2.31. The SMILES string of the molecule is O=C(O)C1CCC(CNC2CCN(C3CC3)C2)CC1. The van der Waals surface area contributed by atoms with Gasteiger partial charge in [-0.2, -0.15) is 0 Å². The Morgan fingerprint density at radius 3 is 2.47 bits per heavy atom. The number of nitrogens with one attached hydrogen (secondary N) is 1. The molecule has 1 heterocycles. The number of carboxylic acids is 1. The summed E-state index contributed by atoms with van der Waals surface area (Å²) in [6, 6.07) is 1.58. The minimum absolute atomic E-state index is 0.0758. The number of hydrogen-bond acceptors (Lipinski definition) is 3. The number of nitrogens with zero attached hydrogens (tertiary/aromatic N) is 1. The van der Waals surface area contributed by atoms with Gasteiger partial charge in [-0.3, -0.25) is 9.69 Å². The Morgan fingerprint density at radius 2 is 1.84 bits per heavy atom. The summed E-state index contributed by atoms with van der Waals surface area (Å²) in [5.74, 6) is 0.0286. The average molecular weight is 266 g/mol. The minimum Gasteiger partial charge on any atom is -0.481 e. The molecule has 0 aromatic carbocycles. The van der Waals surface area contributed by atoms with Crippen LogP contribution in [0.4, 0.5) is 0 Å². The van der Waals surface area contributed by atoms with Crippen LogP contribution in [0.15, 0.2) is 0 Å². The first kappa shape index (κ1) is 13.4. The van der Waals surface area contributed by atoms with Crippen LogP contribution in [0.25, 0.3) is 0 Å². The van der Waals surface area contributed by atoms with E-state index in [2.05, 4.69) is 10.2 Å². The van der Waals surface area contributed by atoms with E-state index in [-0.39, 0.29) is 5.92 Å². The van der Waals surface area contributed by atoms with Gasteiger partial charge in [-0.15, -0.1) is 0 Å². The maximum Gasteiger partial charge on any atom is 0.306 e. The van der Waals surface area contributed by atoms with Crippen LogP contribution in [-0.2, 0) is 4.79 Å². The van der Waals surface area contributed by atoms with E-state index in [1.165, 1.54) is 32.4 Å². The molecule has 0 radical (unpaired) electrons. The van der Waals surface area contributed by atoms with Crippen LogP contribution in [0.2, 0.25) is 0 Å². The van der Waals surface area contributed by atoms with Crippen molar-refractivity contribution >= 4 is 5.97 Å². The van der Waals surface area contributed by atoms with Crippen LogP contribution in [0.1, 0.15) is 44.9 Å². The number of hydrogen-bond donors (Lipinski definition) is 2. The fraction of sp³-hybridized carbons (Fsp3) is 0.933. The van der Waals surface area contributed by atoms with Gasteiger partial charge in [-0.25, -0.2) is 0 Å². The van der Waals surface area contributed by atoms with Crippen molar-refractivity contribution in [1.82, 2.24) is 10.2 Å². The molecule has 19 heavy (non-hydrogen) atoms. The van der Waals surface area contributed by atoms with Crippen molar-refractivity contribution in [1.29, 1.82) is 0 Å². The Balaban J connectivity index is 1.33. The standard InChI is InChI=1S/C15H26N2O2/c18-15(19)12-3-1-11(2-4-12)9-16-13-7-8-17(10-13)14-5-6-14/h11-14,16H,1-10H2,(H,18,19). The largest absolute Gasteiger partial charge is 0.481 e. The van der Waals surface area contributed by atoms with E-state index in [1.807, 2.05) is 0 Å². The van der Waals surface area contributed by atoms with Crippen molar-refractivity contribution in [3.63, 3.8) is 0 Å². The molecular weight excluding hydrogens is 240 g/mol. The van der Waals surface area contributed by atoms with Gasteiger partial charge < -0.3 is 10.4 Å². The fourth-order valence-electron chi connectivity index (χ4n) is 3.67. The number of likely N-dealkylation sites (tertiary alicyclic amines) is 1. The third-order valence-electron chi connectivity index (χ3n) is 5.17. The van der Waals surface area contributed by atoms with E-state index in [4.69, 9.17) is 5.11 Å². The van der Waals surface area contributed by atoms with Crippen molar-refractivity contribution in [3.05, 3.63) is 0 Å². The monoisotopic (exact) mass is 266 g/mol. The molecule has 1 atom stereocenters. The molecule has 0 aromatic rings. The fourth-order valence-corrected chi connectivity index (χ4v) is 3.67. The number of rotatable bonds is 5. The maximum absolute atomic E-state index is 10.9. The highest BCUT2D eigenvalue weighted by molar-refractivity contribution is 5.69. The van der Waals surface area contributed by atoms with Gasteiger partial charge in [-0.1, -0.05) is 0 Å². The molecule has 2 saturated carbocycles. The van der Waals surface area contributed by atoms with Crippen molar-refractivity contribution < 1.29 is 9.90 Å². The van der Waals surface area contributed by atoms with Crippen LogP contribution in [0.5, 0.6) is 0 Å². The van der Waals surface area contributed by atoms with Crippen molar-refractivity contribution in [2.24, 2.45) is 11.8 Å². The molecule has 108 valence electrons. The summed E-state index contributed by atoms with van der Waals surface area (Å²) in [6.45, 7) is 3.60. The first-order valence-electron chi connectivity index (χ1n) is 7.92. The van der Waals surface area contributed by atoms with Crippen LogP contribution in [-0.4, -0.2) is 47.7 Å². The average Bonchev–Trinajstić information content (AvgIpc) is 3.16. The number of carbonyl (C=O) groups is 1. The zero-order valence-corrected chi connectivity index (χ0v) is 11.7. The van der Waals surface area contributed by atoms with Crippen LogP contribution < -0.4 is 5.32 Å². The lowest BCUT2D eigenvalue weighted by Crippen LogP contribution is -2.37. The molecule has 0 amide bonds. The molecule has 1 aliphatic heterocycles. The van der Waals surface area contributed by atoms with Gasteiger partial charge >= 0.3 is 5.97 Å². The molecule has 4 nitrogen and oxygen atoms in total. The molecule has 2 aliphatic carbocycles. The van der Waals surface area contributed by atoms with E-state index in [9.17, 15) is 4.79 Å². The smallest absolute Gasteiger partial charge is 0.306 e. The van der Waals surface area contributed by atoms with Crippen molar-refractivity contribution in [2.45, 2.75) is 57.0 Å². The van der Waals surface area contributed by atoms with Crippen LogP contribution in [0, 0.1) is 11.8 Å². The lowest BCUT2D eigenvalue weighted by atomic mass is 9.82. The third kappa shape index (κ3) is 3.48. The Hall–Kier alpha value is -0.610. The summed E-state index contributed by atoms with van der Waals surface area (Å²) in [4.78, 5) is 13.6. The van der Waals surface area contributed by atoms with Crippen LogP contribution in [0.3, 0.4) is 0 Å². The van der Waals surface area contributed by atoms with E-state index >= 15 is 0 Å². The van der Waals surface area contributed by atoms with Gasteiger partial charge in [-0.05, 0) is 57.4 Å². The Bertz CT molecular complexity index is 322. The second-order valence-electron chi connectivity index (χ2n) is 6.68. The lowest BCUT2D eigenvalue weighted by Gasteiger charge is -2.27. The Morgan fingerprint density at radius 1 is 1.11 bits per heavy atom. The normalized spacial score (nSPS) is 36.5. The van der Waals surface area contributed by atoms with E-state index < -0.39 is 5.97 Å². The number of carboxylic acid groups (broad SMARTS) is 1. The zero-order chi connectivity index (χ0) is 13.2. The molecule has 3 aliphatic rings. The summed E-state index contributed by atoms with van der Waals surface area (Å²) in [7, 11) is 0. The highest BCUT2D eigenvalue weighted by Gasteiger charge is 2.34. The molecule has 2 N–H and O–H groups in total. The van der Waals surface area contributed by atoms with E-state index in [0.29, 0.717) is 12.0 Å². The molecule has 1 saturated heterocycles. The Kier molecular flexibility index (Phi) is 4.08. The quantitative estimate of drug-likeness (QED) is 0.795. The summed E-state index contributed by atoms with van der Waals surface area (Å²) in [5.41, 5.74) is 0. The molecule has 3 rings (SSSR count). The van der Waals surface area contributed by atoms with Gasteiger partial charge in [0.1, 0.15) is 0 Å². The Labute approximate surface area is 115 Å². The highest BCUT2D eigenvalue weighted by atomic mass is 16.4. The van der Waals surface area contributed by atoms with Gasteiger partial charge in [0.2, 0.25) is 0 Å². The summed E-state index contributed by atoms with van der Waals surface area (Å²) in [6.07, 6.45) is 8.03. The second kappa shape index (κ2) is 5.80. The van der Waals surface area contributed by atoms with Gasteiger partial charge in [0.15, 0.2) is 0 Å². The second-order valence-corrected chi connectivity index (χ2v) is 6.68. The van der Waals surface area contributed by atoms with Crippen molar-refractivity contribution in [3.8, 4) is 0 Å². The van der Waals surface area contributed by atoms with Gasteiger partial charge in [0.05, 0.1) is 5.92 Å². The van der Waals surface area contributed by atoms with Gasteiger partial charge in [0, 0.05) is 25.2 Å². The predicted molar refractivity (Wildman–Crippen MR) is 74.1 cm³/mol. The maximum atomic E-state index is 10.9. The molecule has 0 bridgehead atoms. The molecule has 0 spiro atoms. The topological polar surface area (TPSA) is 52.6 Å². The van der Waals surface area contributed by atoms with Crippen molar-refractivity contribution in [2.75, 3.05) is 19.6 Å². The molecule has 3 fully saturated rings. The van der Waals surface area contributed by atoms with E-state index in [1.54, 1.807) is 0 Å². The summed E-state index contributed by atoms with van der Waals surface area (Å²) >= 11 is 0. The van der Waals surface area contributed by atoms with E-state index in [0.717, 1.165) is 38.3 Å². The summed E-state index contributed by atoms with van der Waals surface area (Å²) in [5, 5.41) is 12.7. The van der Waals surface area contributed by atoms with Gasteiger partial charge in [0.25, 0.3) is 0 Å². The number of aliphatic carboxylic acids is 1. The molecule has 1 unspecified atom stereocenters. The first-order chi connectivity index (χ1) is 9.22. The lowest BCUT2D eigenvalue weighted by molar-refractivity contribution is -0.143. The molecule has 4 heteroatoms. The zero-order valence-electron chi connectivity index (χ0n) is 11.7. The minimum atomic E-state index is -0.595.